The van der Waals surface area contributed by atoms with Crippen molar-refractivity contribution in [3.05, 3.63) is 12.2 Å². The average Bonchev–Trinajstić information content (AvgIpc) is 2.25. The maximum Gasteiger partial charge on any atom is 0.237 e. The molecule has 17 heavy (non-hydrogen) atoms. The molecule has 0 aromatic heterocycles. The molecule has 0 saturated carbocycles. The summed E-state index contributed by atoms with van der Waals surface area (Å²) in [5.74, 6) is 0.129. The number of piperidine rings is 1. The zero-order chi connectivity index (χ0) is 12.8. The molecule has 1 saturated heterocycles. The van der Waals surface area contributed by atoms with Crippen LogP contribution in [0.25, 0.3) is 0 Å². The number of nitrogens with zero attached hydrogens (tertiary/aromatic N) is 2. The van der Waals surface area contributed by atoms with Crippen LogP contribution in [0.1, 0.15) is 26.7 Å². The summed E-state index contributed by atoms with van der Waals surface area (Å²) < 4.78 is 0. The lowest BCUT2D eigenvalue weighted by atomic mass is 10.1. The van der Waals surface area contributed by atoms with Gasteiger partial charge in [-0.15, -0.1) is 0 Å². The second kappa shape index (κ2) is 6.77. The molecule has 1 atom stereocenters. The van der Waals surface area contributed by atoms with Gasteiger partial charge in [0.2, 0.25) is 5.91 Å². The molecule has 0 aromatic rings. The molecule has 4 heteroatoms. The van der Waals surface area contributed by atoms with E-state index in [0.717, 1.165) is 25.0 Å². The Labute approximate surface area is 104 Å². The van der Waals surface area contributed by atoms with Gasteiger partial charge in [0.1, 0.15) is 0 Å². The summed E-state index contributed by atoms with van der Waals surface area (Å²) >= 11 is 0. The SMILES string of the molecule is C=C(C)CN(CC)C(=O)CN1CCCC(O)C1. The van der Waals surface area contributed by atoms with Crippen molar-refractivity contribution in [2.24, 2.45) is 0 Å². The van der Waals surface area contributed by atoms with Gasteiger partial charge in [-0.1, -0.05) is 12.2 Å². The maximum atomic E-state index is 12.0. The van der Waals surface area contributed by atoms with Gasteiger partial charge in [0.05, 0.1) is 12.6 Å². The van der Waals surface area contributed by atoms with Gasteiger partial charge in [-0.3, -0.25) is 9.69 Å². The van der Waals surface area contributed by atoms with Crippen LogP contribution >= 0.6 is 0 Å². The van der Waals surface area contributed by atoms with E-state index < -0.39 is 0 Å². The predicted octanol–water partition coefficient (Wildman–Crippen LogP) is 0.868. The molecule has 1 unspecified atom stereocenters. The van der Waals surface area contributed by atoms with Crippen LogP contribution in [-0.2, 0) is 4.79 Å². The van der Waals surface area contributed by atoms with Crippen molar-refractivity contribution in [3.8, 4) is 0 Å². The number of carbonyl (C=O) groups excluding carboxylic acids is 1. The third-order valence-corrected chi connectivity index (χ3v) is 3.03. The molecule has 1 fully saturated rings. The molecule has 0 bridgehead atoms. The van der Waals surface area contributed by atoms with Crippen molar-refractivity contribution in [1.82, 2.24) is 9.80 Å². The molecular formula is C13H24N2O2. The first-order chi connectivity index (χ1) is 8.02. The van der Waals surface area contributed by atoms with E-state index in [9.17, 15) is 9.90 Å². The molecule has 0 spiro atoms. The van der Waals surface area contributed by atoms with Crippen LogP contribution in [0.3, 0.4) is 0 Å². The van der Waals surface area contributed by atoms with Crippen LogP contribution in [0.4, 0.5) is 0 Å². The van der Waals surface area contributed by atoms with Crippen LogP contribution in [0.2, 0.25) is 0 Å². The summed E-state index contributed by atoms with van der Waals surface area (Å²) in [6.07, 6.45) is 1.56. The minimum absolute atomic E-state index is 0.129. The van der Waals surface area contributed by atoms with E-state index in [-0.39, 0.29) is 12.0 Å². The van der Waals surface area contributed by atoms with E-state index in [0.29, 0.717) is 26.2 Å². The zero-order valence-corrected chi connectivity index (χ0v) is 11.0. The van der Waals surface area contributed by atoms with Crippen LogP contribution in [-0.4, -0.2) is 59.6 Å². The summed E-state index contributed by atoms with van der Waals surface area (Å²) in [4.78, 5) is 15.9. The largest absolute Gasteiger partial charge is 0.392 e. The average molecular weight is 240 g/mol. The second-order valence-corrected chi connectivity index (χ2v) is 4.90. The molecule has 1 aliphatic heterocycles. The summed E-state index contributed by atoms with van der Waals surface area (Å²) in [7, 11) is 0. The van der Waals surface area contributed by atoms with Crippen LogP contribution in [0.15, 0.2) is 12.2 Å². The lowest BCUT2D eigenvalue weighted by Crippen LogP contribution is -2.45. The van der Waals surface area contributed by atoms with E-state index >= 15 is 0 Å². The number of carbonyl (C=O) groups is 1. The molecule has 1 amide bonds. The third kappa shape index (κ3) is 4.88. The highest BCUT2D eigenvalue weighted by molar-refractivity contribution is 5.78. The van der Waals surface area contributed by atoms with Crippen LogP contribution < -0.4 is 0 Å². The van der Waals surface area contributed by atoms with Crippen molar-refractivity contribution < 1.29 is 9.90 Å². The van der Waals surface area contributed by atoms with E-state index in [1.54, 1.807) is 0 Å². The van der Waals surface area contributed by atoms with Gasteiger partial charge in [-0.05, 0) is 33.2 Å². The monoisotopic (exact) mass is 240 g/mol. The Morgan fingerprint density at radius 1 is 1.59 bits per heavy atom. The van der Waals surface area contributed by atoms with Crippen molar-refractivity contribution in [2.45, 2.75) is 32.8 Å². The number of hydrogen-bond donors (Lipinski definition) is 1. The molecular weight excluding hydrogens is 216 g/mol. The summed E-state index contributed by atoms with van der Waals surface area (Å²) in [5.41, 5.74) is 0.999. The van der Waals surface area contributed by atoms with Gasteiger partial charge in [-0.2, -0.15) is 0 Å². The molecule has 0 radical (unpaired) electrons. The van der Waals surface area contributed by atoms with Gasteiger partial charge in [0.15, 0.2) is 0 Å². The highest BCUT2D eigenvalue weighted by Crippen LogP contribution is 2.10. The van der Waals surface area contributed by atoms with Crippen molar-refractivity contribution in [3.63, 3.8) is 0 Å². The summed E-state index contributed by atoms with van der Waals surface area (Å²) in [6, 6.07) is 0. The highest BCUT2D eigenvalue weighted by atomic mass is 16.3. The zero-order valence-electron chi connectivity index (χ0n) is 11.0. The van der Waals surface area contributed by atoms with Gasteiger partial charge in [0, 0.05) is 19.6 Å². The fourth-order valence-corrected chi connectivity index (χ4v) is 2.17. The lowest BCUT2D eigenvalue weighted by Gasteiger charge is -2.31. The minimum atomic E-state index is -0.271. The second-order valence-electron chi connectivity index (χ2n) is 4.90. The Hall–Kier alpha value is -0.870. The Balaban J connectivity index is 2.43. The fraction of sp³-hybridized carbons (Fsp3) is 0.769. The van der Waals surface area contributed by atoms with Crippen molar-refractivity contribution in [1.29, 1.82) is 0 Å². The Morgan fingerprint density at radius 2 is 2.29 bits per heavy atom. The number of aliphatic hydroxyl groups excluding tert-OH is 1. The first kappa shape index (κ1) is 14.2. The highest BCUT2D eigenvalue weighted by Gasteiger charge is 2.21. The Kier molecular flexibility index (Phi) is 5.65. The quantitative estimate of drug-likeness (QED) is 0.725. The molecule has 0 aliphatic carbocycles. The molecule has 1 heterocycles. The first-order valence-electron chi connectivity index (χ1n) is 6.35. The topological polar surface area (TPSA) is 43.8 Å². The van der Waals surface area contributed by atoms with Crippen molar-refractivity contribution in [2.75, 3.05) is 32.7 Å². The number of rotatable bonds is 5. The number of β-amino-alcohol motifs (C(OH)–C–C–N with tert-alkyl or cyclic N) is 1. The standard InChI is InChI=1S/C13H24N2O2/c1-4-15(8-11(2)3)13(17)10-14-7-5-6-12(16)9-14/h12,16H,2,4-10H2,1,3H3. The maximum absolute atomic E-state index is 12.0. The summed E-state index contributed by atoms with van der Waals surface area (Å²) in [6.45, 7) is 11.0. The lowest BCUT2D eigenvalue weighted by molar-refractivity contribution is -0.132. The smallest absolute Gasteiger partial charge is 0.237 e. The van der Waals surface area contributed by atoms with Crippen LogP contribution in [0.5, 0.6) is 0 Å². The van der Waals surface area contributed by atoms with E-state index in [4.69, 9.17) is 0 Å². The van der Waals surface area contributed by atoms with E-state index in [1.165, 1.54) is 0 Å². The predicted molar refractivity (Wildman–Crippen MR) is 68.7 cm³/mol. The number of hydrogen-bond acceptors (Lipinski definition) is 3. The van der Waals surface area contributed by atoms with E-state index in [2.05, 4.69) is 6.58 Å². The summed E-state index contributed by atoms with van der Waals surface area (Å²) in [5, 5.41) is 9.55. The number of likely N-dealkylation sites (N-methyl/N-ethyl adjacent to an activating group) is 1. The van der Waals surface area contributed by atoms with E-state index in [1.807, 2.05) is 23.6 Å². The van der Waals surface area contributed by atoms with Crippen LogP contribution in [0, 0.1) is 0 Å². The molecule has 1 N–H and O–H groups in total. The Bertz CT molecular complexity index is 279. The fourth-order valence-electron chi connectivity index (χ4n) is 2.17. The molecule has 4 nitrogen and oxygen atoms in total. The Morgan fingerprint density at radius 3 is 2.82 bits per heavy atom. The molecule has 1 rings (SSSR count). The molecule has 0 aromatic carbocycles. The number of aliphatic hydroxyl groups is 1. The minimum Gasteiger partial charge on any atom is -0.392 e. The first-order valence-corrected chi connectivity index (χ1v) is 6.35. The normalized spacial score (nSPS) is 21.2. The van der Waals surface area contributed by atoms with Crippen molar-refractivity contribution >= 4 is 5.91 Å². The molecule has 98 valence electrons. The van der Waals surface area contributed by atoms with Gasteiger partial charge >= 0.3 is 0 Å². The van der Waals surface area contributed by atoms with Gasteiger partial charge in [0.25, 0.3) is 0 Å². The number of amides is 1. The number of likely N-dealkylation sites (tertiary alicyclic amines) is 1. The third-order valence-electron chi connectivity index (χ3n) is 3.03. The van der Waals surface area contributed by atoms with Gasteiger partial charge in [-0.25, -0.2) is 0 Å². The molecule has 1 aliphatic rings. The van der Waals surface area contributed by atoms with Gasteiger partial charge < -0.3 is 10.0 Å².